The lowest BCUT2D eigenvalue weighted by molar-refractivity contribution is -0.168. The Balaban J connectivity index is 1.87. The molecule has 0 aromatic carbocycles. The Morgan fingerprint density at radius 2 is 1.54 bits per heavy atom. The standard InChI is InChI=1S/C15H21N3O8/c1-2-11(19)26-12(20)3-4-16-13(21)17(5-9-7-24-9)15(23)18(14(16)22)6-10-8-25-10/h9-10,12,20H,2-8H2,1H3. The lowest BCUT2D eigenvalue weighted by atomic mass is 10.4. The number of carbonyl (C=O) groups excluding carboxylic acids is 1. The van der Waals surface area contributed by atoms with Gasteiger partial charge < -0.3 is 19.3 Å². The molecule has 2 aliphatic heterocycles. The summed E-state index contributed by atoms with van der Waals surface area (Å²) in [6.07, 6.45) is -1.96. The molecule has 0 spiro atoms. The smallest absolute Gasteiger partial charge is 0.336 e. The predicted octanol–water partition coefficient (Wildman–Crippen LogP) is -2.37. The van der Waals surface area contributed by atoms with Crippen LogP contribution < -0.4 is 17.1 Å². The molecule has 1 aromatic rings. The normalized spacial score (nSPS) is 22.1. The van der Waals surface area contributed by atoms with Crippen molar-refractivity contribution in [1.29, 1.82) is 0 Å². The van der Waals surface area contributed by atoms with Crippen LogP contribution in [0, 0.1) is 0 Å². The van der Waals surface area contributed by atoms with E-state index in [0.717, 1.165) is 13.7 Å². The minimum Gasteiger partial charge on any atom is -0.436 e. The number of nitrogens with zero attached hydrogens (tertiary/aromatic N) is 3. The van der Waals surface area contributed by atoms with Crippen LogP contribution in [0.5, 0.6) is 0 Å². The van der Waals surface area contributed by atoms with Crippen LogP contribution in [0.25, 0.3) is 0 Å². The van der Waals surface area contributed by atoms with Crippen LogP contribution in [0.15, 0.2) is 14.4 Å². The Kier molecular flexibility index (Phi) is 5.39. The van der Waals surface area contributed by atoms with Crippen molar-refractivity contribution in [2.75, 3.05) is 13.2 Å². The summed E-state index contributed by atoms with van der Waals surface area (Å²) in [4.78, 5) is 48.8. The first-order valence-corrected chi connectivity index (χ1v) is 8.46. The molecule has 0 radical (unpaired) electrons. The zero-order valence-electron chi connectivity index (χ0n) is 14.3. The highest BCUT2D eigenvalue weighted by atomic mass is 16.6. The second kappa shape index (κ2) is 7.56. The van der Waals surface area contributed by atoms with E-state index < -0.39 is 29.3 Å². The molecule has 2 aliphatic rings. The van der Waals surface area contributed by atoms with E-state index in [-0.39, 0.29) is 44.7 Å². The van der Waals surface area contributed by atoms with Gasteiger partial charge in [-0.05, 0) is 0 Å². The van der Waals surface area contributed by atoms with Gasteiger partial charge in [0, 0.05) is 19.4 Å². The molecule has 144 valence electrons. The highest BCUT2D eigenvalue weighted by molar-refractivity contribution is 5.68. The monoisotopic (exact) mass is 371 g/mol. The van der Waals surface area contributed by atoms with Crippen LogP contribution in [-0.2, 0) is 38.6 Å². The minimum absolute atomic E-state index is 0.0524. The average Bonchev–Trinajstić information content (AvgIpc) is 3.51. The molecule has 0 bridgehead atoms. The first kappa shape index (κ1) is 18.5. The van der Waals surface area contributed by atoms with Gasteiger partial charge in [-0.2, -0.15) is 0 Å². The van der Waals surface area contributed by atoms with Crippen molar-refractivity contribution in [2.24, 2.45) is 0 Å². The van der Waals surface area contributed by atoms with Gasteiger partial charge in [0.2, 0.25) is 6.29 Å². The summed E-state index contributed by atoms with van der Waals surface area (Å²) < 4.78 is 17.6. The Hall–Kier alpha value is -2.24. The van der Waals surface area contributed by atoms with Crippen LogP contribution in [0.2, 0.25) is 0 Å². The van der Waals surface area contributed by atoms with Crippen molar-refractivity contribution in [3.63, 3.8) is 0 Å². The molecule has 3 atom stereocenters. The Labute approximate surface area is 147 Å². The third-order valence-corrected chi connectivity index (χ3v) is 4.12. The van der Waals surface area contributed by atoms with E-state index in [9.17, 15) is 24.3 Å². The summed E-state index contributed by atoms with van der Waals surface area (Å²) >= 11 is 0. The van der Waals surface area contributed by atoms with Crippen molar-refractivity contribution < 1.29 is 24.1 Å². The Bertz CT molecular complexity index is 794. The van der Waals surface area contributed by atoms with Gasteiger partial charge in [0.1, 0.15) is 0 Å². The van der Waals surface area contributed by atoms with E-state index in [2.05, 4.69) is 0 Å². The number of carbonyl (C=O) groups is 1. The lowest BCUT2D eigenvalue weighted by Crippen LogP contribution is -2.55. The van der Waals surface area contributed by atoms with Gasteiger partial charge in [-0.1, -0.05) is 6.92 Å². The first-order valence-electron chi connectivity index (χ1n) is 8.46. The van der Waals surface area contributed by atoms with Crippen molar-refractivity contribution >= 4 is 5.97 Å². The molecule has 1 N–H and O–H groups in total. The maximum absolute atomic E-state index is 12.6. The van der Waals surface area contributed by atoms with Gasteiger partial charge in [-0.15, -0.1) is 0 Å². The maximum atomic E-state index is 12.6. The quantitative estimate of drug-likeness (QED) is 0.289. The van der Waals surface area contributed by atoms with E-state index in [1.165, 1.54) is 0 Å². The lowest BCUT2D eigenvalue weighted by Gasteiger charge is -2.15. The SMILES string of the molecule is CCC(=O)OC(O)CCn1c(=O)n(CC2CO2)c(=O)n(CC2CO2)c1=O. The predicted molar refractivity (Wildman–Crippen MR) is 85.7 cm³/mol. The molecular formula is C15H21N3O8. The minimum atomic E-state index is -1.44. The maximum Gasteiger partial charge on any atom is 0.336 e. The largest absolute Gasteiger partial charge is 0.436 e. The van der Waals surface area contributed by atoms with E-state index in [4.69, 9.17) is 14.2 Å². The number of aliphatic hydroxyl groups excluding tert-OH is 1. The van der Waals surface area contributed by atoms with E-state index in [0.29, 0.717) is 13.2 Å². The highest BCUT2D eigenvalue weighted by Gasteiger charge is 2.29. The Morgan fingerprint density at radius 3 is 1.96 bits per heavy atom. The zero-order valence-corrected chi connectivity index (χ0v) is 14.3. The molecule has 3 heterocycles. The average molecular weight is 371 g/mol. The zero-order chi connectivity index (χ0) is 18.8. The van der Waals surface area contributed by atoms with Crippen LogP contribution in [0.1, 0.15) is 19.8 Å². The number of aromatic nitrogens is 3. The van der Waals surface area contributed by atoms with Crippen LogP contribution in [0.4, 0.5) is 0 Å². The number of ether oxygens (including phenoxy) is 3. The molecule has 1 aromatic heterocycles. The number of esters is 1. The summed E-state index contributed by atoms with van der Waals surface area (Å²) in [5.41, 5.74) is -2.27. The topological polar surface area (TPSA) is 138 Å². The van der Waals surface area contributed by atoms with Crippen molar-refractivity contribution in [3.8, 4) is 0 Å². The van der Waals surface area contributed by atoms with Crippen LogP contribution >= 0.6 is 0 Å². The second-order valence-electron chi connectivity index (χ2n) is 6.22. The van der Waals surface area contributed by atoms with Crippen LogP contribution in [0.3, 0.4) is 0 Å². The fourth-order valence-electron chi connectivity index (χ4n) is 2.47. The third kappa shape index (κ3) is 4.29. The van der Waals surface area contributed by atoms with E-state index in [1.54, 1.807) is 6.92 Å². The summed E-state index contributed by atoms with van der Waals surface area (Å²) in [5.74, 6) is -0.594. The number of epoxide rings is 2. The van der Waals surface area contributed by atoms with E-state index >= 15 is 0 Å². The fourth-order valence-corrected chi connectivity index (χ4v) is 2.47. The summed E-state index contributed by atoms with van der Waals surface area (Å²) in [6, 6.07) is 0. The summed E-state index contributed by atoms with van der Waals surface area (Å²) in [5, 5.41) is 9.72. The molecule has 2 fully saturated rings. The molecule has 0 amide bonds. The van der Waals surface area contributed by atoms with Gasteiger partial charge in [-0.25, -0.2) is 28.1 Å². The van der Waals surface area contributed by atoms with Crippen molar-refractivity contribution in [2.45, 2.75) is 57.9 Å². The van der Waals surface area contributed by atoms with Gasteiger partial charge in [0.25, 0.3) is 0 Å². The molecular weight excluding hydrogens is 350 g/mol. The third-order valence-electron chi connectivity index (χ3n) is 4.12. The van der Waals surface area contributed by atoms with E-state index in [1.807, 2.05) is 0 Å². The highest BCUT2D eigenvalue weighted by Crippen LogP contribution is 2.10. The molecule has 3 unspecified atom stereocenters. The number of rotatable bonds is 9. The second-order valence-corrected chi connectivity index (χ2v) is 6.22. The van der Waals surface area contributed by atoms with Crippen LogP contribution in [-0.4, -0.2) is 56.5 Å². The van der Waals surface area contributed by atoms with Gasteiger partial charge >= 0.3 is 23.0 Å². The number of hydrogen-bond donors (Lipinski definition) is 1. The summed E-state index contributed by atoms with van der Waals surface area (Å²) in [7, 11) is 0. The Morgan fingerprint density at radius 1 is 1.08 bits per heavy atom. The van der Waals surface area contributed by atoms with Gasteiger partial charge in [0.15, 0.2) is 0 Å². The molecule has 0 aliphatic carbocycles. The molecule has 11 heteroatoms. The molecule has 3 rings (SSSR count). The molecule has 26 heavy (non-hydrogen) atoms. The molecule has 2 saturated heterocycles. The fraction of sp³-hybridized carbons (Fsp3) is 0.733. The van der Waals surface area contributed by atoms with Gasteiger partial charge in [-0.3, -0.25) is 4.79 Å². The number of hydrogen-bond acceptors (Lipinski definition) is 8. The molecule has 11 nitrogen and oxygen atoms in total. The first-order chi connectivity index (χ1) is 12.4. The van der Waals surface area contributed by atoms with Gasteiger partial charge in [0.05, 0.1) is 38.5 Å². The van der Waals surface area contributed by atoms with Crippen molar-refractivity contribution in [1.82, 2.24) is 13.7 Å². The molecule has 0 saturated carbocycles. The number of aliphatic hydroxyl groups is 1. The van der Waals surface area contributed by atoms with Crippen molar-refractivity contribution in [3.05, 3.63) is 31.5 Å². The summed E-state index contributed by atoms with van der Waals surface area (Å²) in [6.45, 7) is 2.37.